The van der Waals surface area contributed by atoms with E-state index in [0.717, 1.165) is 58.9 Å². The first-order valence-corrected chi connectivity index (χ1v) is 14.6. The first-order chi connectivity index (χ1) is 17.8. The molecule has 2 nitrogen and oxygen atoms in total. The molecule has 1 aliphatic carbocycles. The maximum Gasteiger partial charge on any atom is 0.0972 e. The smallest absolute Gasteiger partial charge is 0.0972 e. The van der Waals surface area contributed by atoms with E-state index in [1.54, 1.807) is 0 Å². The van der Waals surface area contributed by atoms with E-state index in [-0.39, 0.29) is 0 Å². The van der Waals surface area contributed by atoms with E-state index in [0.29, 0.717) is 0 Å². The Balaban J connectivity index is 1.54. The molecule has 0 N–H and O–H groups in total. The molecule has 0 bridgehead atoms. The van der Waals surface area contributed by atoms with Gasteiger partial charge in [0.05, 0.1) is 22.1 Å². The molecular formula is C34H44N2. The number of nitrogens with zero attached hydrogens (tertiary/aromatic N) is 2. The van der Waals surface area contributed by atoms with Gasteiger partial charge >= 0.3 is 0 Å². The van der Waals surface area contributed by atoms with Gasteiger partial charge in [-0.05, 0) is 49.7 Å². The van der Waals surface area contributed by atoms with Gasteiger partial charge in [-0.25, -0.2) is 9.97 Å². The highest BCUT2D eigenvalue weighted by Gasteiger charge is 2.13. The van der Waals surface area contributed by atoms with Crippen molar-refractivity contribution in [2.24, 2.45) is 0 Å². The normalized spacial score (nSPS) is 12.6. The van der Waals surface area contributed by atoms with Crippen LogP contribution in [0.4, 0.5) is 0 Å². The number of aromatic nitrogens is 2. The highest BCUT2D eigenvalue weighted by atomic mass is 14.8. The molecule has 0 saturated heterocycles. The number of benzene rings is 2. The van der Waals surface area contributed by atoms with Crippen LogP contribution in [0, 0.1) is 0 Å². The summed E-state index contributed by atoms with van der Waals surface area (Å²) in [7, 11) is 0. The number of unbranched alkanes of at least 4 members (excludes halogenated alkanes) is 8. The summed E-state index contributed by atoms with van der Waals surface area (Å²) in [5, 5.41) is 2.06. The number of hydrogen-bond acceptors (Lipinski definition) is 2. The fourth-order valence-corrected chi connectivity index (χ4v) is 5.13. The summed E-state index contributed by atoms with van der Waals surface area (Å²) in [5.41, 5.74) is 7.17. The quantitative estimate of drug-likeness (QED) is 0.217. The Morgan fingerprint density at radius 3 is 1.28 bits per heavy atom. The number of hydrogen-bond donors (Lipinski definition) is 0. The lowest BCUT2D eigenvalue weighted by Crippen LogP contribution is -2.34. The summed E-state index contributed by atoms with van der Waals surface area (Å²) in [6.07, 6.45) is 22.1. The minimum atomic E-state index is 1.00. The second kappa shape index (κ2) is 14.1. The maximum absolute atomic E-state index is 5.14. The summed E-state index contributed by atoms with van der Waals surface area (Å²) < 4.78 is 0. The molecule has 0 amide bonds. The second-order valence-corrected chi connectivity index (χ2v) is 10.4. The molecule has 0 radical (unpaired) electrons. The molecule has 4 rings (SSSR count). The highest BCUT2D eigenvalue weighted by molar-refractivity contribution is 5.78. The molecule has 0 aliphatic heterocycles. The largest absolute Gasteiger partial charge is 0.244 e. The molecule has 1 aliphatic rings. The summed E-state index contributed by atoms with van der Waals surface area (Å²) in [5.74, 6) is 0. The summed E-state index contributed by atoms with van der Waals surface area (Å²) in [6.45, 7) is 4.55. The fourth-order valence-electron chi connectivity index (χ4n) is 5.13. The number of aryl methyl sites for hydroxylation is 2. The molecule has 0 saturated carbocycles. The maximum atomic E-state index is 5.14. The van der Waals surface area contributed by atoms with Crippen LogP contribution in [0.3, 0.4) is 0 Å². The van der Waals surface area contributed by atoms with E-state index in [1.165, 1.54) is 75.3 Å². The molecule has 1 heterocycles. The van der Waals surface area contributed by atoms with Crippen molar-refractivity contribution in [1.82, 2.24) is 9.97 Å². The van der Waals surface area contributed by atoms with Crippen molar-refractivity contribution in [3.8, 4) is 22.5 Å². The second-order valence-electron chi connectivity index (χ2n) is 10.4. The zero-order valence-corrected chi connectivity index (χ0v) is 22.6. The topological polar surface area (TPSA) is 25.8 Å². The van der Waals surface area contributed by atoms with Crippen molar-refractivity contribution in [1.29, 1.82) is 0 Å². The van der Waals surface area contributed by atoms with Crippen LogP contribution in [0.2, 0.25) is 0 Å². The lowest BCUT2D eigenvalue weighted by Gasteiger charge is -2.12. The van der Waals surface area contributed by atoms with E-state index in [2.05, 4.69) is 74.5 Å². The van der Waals surface area contributed by atoms with Gasteiger partial charge in [0.15, 0.2) is 0 Å². The Morgan fingerprint density at radius 1 is 0.500 bits per heavy atom. The summed E-state index contributed by atoms with van der Waals surface area (Å²) >= 11 is 0. The highest BCUT2D eigenvalue weighted by Crippen LogP contribution is 2.28. The van der Waals surface area contributed by atoms with Crippen LogP contribution < -0.4 is 10.7 Å². The van der Waals surface area contributed by atoms with Crippen LogP contribution in [0.1, 0.15) is 102 Å². The molecular weight excluding hydrogens is 436 g/mol. The van der Waals surface area contributed by atoms with Crippen LogP contribution in [-0.2, 0) is 12.8 Å². The van der Waals surface area contributed by atoms with Crippen LogP contribution in [-0.4, -0.2) is 9.97 Å². The average molecular weight is 481 g/mol. The minimum Gasteiger partial charge on any atom is -0.244 e. The molecule has 2 heteroatoms. The van der Waals surface area contributed by atoms with Crippen molar-refractivity contribution in [3.05, 3.63) is 70.4 Å². The van der Waals surface area contributed by atoms with Gasteiger partial charge in [0.25, 0.3) is 0 Å². The Bertz CT molecular complexity index is 1090. The Kier molecular flexibility index (Phi) is 10.3. The first kappa shape index (κ1) is 26.3. The van der Waals surface area contributed by atoms with Crippen molar-refractivity contribution in [3.63, 3.8) is 0 Å². The van der Waals surface area contributed by atoms with Crippen LogP contribution >= 0.6 is 0 Å². The zero-order chi connectivity index (χ0) is 25.0. The number of fused-ring (bicyclic) bond motifs is 1. The fraction of sp³-hybridized carbons (Fsp3) is 0.471. The SMILES string of the molecule is CCCCCCCc1ccc(-c2nc3c(nc2-c2ccc(CCCCCCC)cc2)=CCCC=3)cc1. The van der Waals surface area contributed by atoms with Crippen LogP contribution in [0.15, 0.2) is 48.5 Å². The van der Waals surface area contributed by atoms with E-state index < -0.39 is 0 Å². The Labute approximate surface area is 218 Å². The molecule has 0 fully saturated rings. The van der Waals surface area contributed by atoms with Crippen molar-refractivity contribution < 1.29 is 0 Å². The van der Waals surface area contributed by atoms with Crippen molar-refractivity contribution in [2.75, 3.05) is 0 Å². The van der Waals surface area contributed by atoms with E-state index >= 15 is 0 Å². The van der Waals surface area contributed by atoms with Gasteiger partial charge in [0.1, 0.15) is 0 Å². The molecule has 190 valence electrons. The number of rotatable bonds is 14. The first-order valence-electron chi connectivity index (χ1n) is 14.6. The van der Waals surface area contributed by atoms with Gasteiger partial charge in [0, 0.05) is 11.1 Å². The van der Waals surface area contributed by atoms with E-state index in [9.17, 15) is 0 Å². The van der Waals surface area contributed by atoms with E-state index in [4.69, 9.17) is 9.97 Å². The van der Waals surface area contributed by atoms with E-state index in [1.807, 2.05) is 0 Å². The van der Waals surface area contributed by atoms with Gasteiger partial charge in [-0.3, -0.25) is 0 Å². The van der Waals surface area contributed by atoms with Gasteiger partial charge in [-0.2, -0.15) is 0 Å². The lowest BCUT2D eigenvalue weighted by molar-refractivity contribution is 0.632. The predicted molar refractivity (Wildman–Crippen MR) is 155 cm³/mol. The molecule has 2 aromatic carbocycles. The lowest BCUT2D eigenvalue weighted by atomic mass is 9.99. The van der Waals surface area contributed by atoms with Crippen LogP contribution in [0.25, 0.3) is 34.7 Å². The van der Waals surface area contributed by atoms with Gasteiger partial charge in [-0.15, -0.1) is 0 Å². The van der Waals surface area contributed by atoms with Crippen LogP contribution in [0.5, 0.6) is 0 Å². The summed E-state index contributed by atoms with van der Waals surface area (Å²) in [6, 6.07) is 18.2. The molecule has 0 spiro atoms. The van der Waals surface area contributed by atoms with Gasteiger partial charge in [0.2, 0.25) is 0 Å². The predicted octanol–water partition coefficient (Wildman–Crippen LogP) is 8.19. The monoisotopic (exact) mass is 480 g/mol. The van der Waals surface area contributed by atoms with Gasteiger partial charge in [-0.1, -0.05) is 126 Å². The van der Waals surface area contributed by atoms with Crippen molar-refractivity contribution in [2.45, 2.75) is 104 Å². The molecule has 1 aromatic heterocycles. The molecule has 3 aromatic rings. The minimum absolute atomic E-state index is 1.00. The molecule has 0 atom stereocenters. The van der Waals surface area contributed by atoms with Crippen molar-refractivity contribution >= 4 is 12.2 Å². The third kappa shape index (κ3) is 7.38. The Morgan fingerprint density at radius 2 is 0.889 bits per heavy atom. The molecule has 0 unspecified atom stereocenters. The third-order valence-electron chi connectivity index (χ3n) is 7.39. The van der Waals surface area contributed by atoms with Gasteiger partial charge < -0.3 is 0 Å². The summed E-state index contributed by atoms with van der Waals surface area (Å²) in [4.78, 5) is 10.3. The zero-order valence-electron chi connectivity index (χ0n) is 22.6. The third-order valence-corrected chi connectivity index (χ3v) is 7.39. The standard InChI is InChI=1S/C34H44N2/c1-3-5-7-9-11-15-27-19-23-29(24-20-27)33-34(36-32-18-14-13-17-31(32)35-33)30-25-21-28(22-26-30)16-12-10-8-6-4-2/h17-26H,3-16H2,1-2H3. The molecule has 36 heavy (non-hydrogen) atoms. The average Bonchev–Trinajstić information content (AvgIpc) is 2.93. The Hall–Kier alpha value is -2.74.